The zero-order valence-corrected chi connectivity index (χ0v) is 10.6. The molecule has 0 spiro atoms. The summed E-state index contributed by atoms with van der Waals surface area (Å²) in [5, 5.41) is 4.82. The molecule has 1 aromatic heterocycles. The lowest BCUT2D eigenvalue weighted by atomic mass is 10.2. The summed E-state index contributed by atoms with van der Waals surface area (Å²) in [6.45, 7) is 5.61. The smallest absolute Gasteiger partial charge is 0.0897 e. The molecule has 1 atom stereocenters. The van der Waals surface area contributed by atoms with E-state index < -0.39 is 0 Å². The van der Waals surface area contributed by atoms with Gasteiger partial charge >= 0.3 is 0 Å². The molecule has 0 bridgehead atoms. The topological polar surface area (TPSA) is 28.2 Å². The molecule has 3 rings (SSSR count). The second kappa shape index (κ2) is 4.43. The molecule has 1 unspecified atom stereocenters. The number of nitrogens with zero attached hydrogens (tertiary/aromatic N) is 2. The van der Waals surface area contributed by atoms with Gasteiger partial charge in [-0.15, -0.1) is 11.3 Å². The number of thiazole rings is 1. The molecular formula is C12H19N3S. The van der Waals surface area contributed by atoms with Crippen LogP contribution in [0.5, 0.6) is 0 Å². The van der Waals surface area contributed by atoms with Gasteiger partial charge in [0.25, 0.3) is 0 Å². The Morgan fingerprint density at radius 2 is 2.38 bits per heavy atom. The van der Waals surface area contributed by atoms with Crippen LogP contribution >= 0.6 is 11.3 Å². The molecule has 1 saturated carbocycles. The average molecular weight is 237 g/mol. The molecule has 2 heterocycles. The second-order valence-corrected chi connectivity index (χ2v) is 6.26. The highest BCUT2D eigenvalue weighted by Gasteiger charge is 2.33. The van der Waals surface area contributed by atoms with Crippen LogP contribution in [0, 0.1) is 6.92 Å². The van der Waals surface area contributed by atoms with Crippen molar-refractivity contribution in [3.05, 3.63) is 16.1 Å². The van der Waals surface area contributed by atoms with Gasteiger partial charge in [-0.05, 0) is 26.2 Å². The largest absolute Gasteiger partial charge is 0.308 e. The molecular weight excluding hydrogens is 218 g/mol. The summed E-state index contributed by atoms with van der Waals surface area (Å²) < 4.78 is 0. The van der Waals surface area contributed by atoms with Crippen LogP contribution < -0.4 is 5.32 Å². The summed E-state index contributed by atoms with van der Waals surface area (Å²) in [6.07, 6.45) is 6.18. The van der Waals surface area contributed by atoms with E-state index in [1.54, 1.807) is 11.3 Å². The Hall–Kier alpha value is -0.450. The van der Waals surface area contributed by atoms with Crippen LogP contribution in [0.15, 0.2) is 6.20 Å². The Morgan fingerprint density at radius 3 is 3.06 bits per heavy atom. The van der Waals surface area contributed by atoms with Gasteiger partial charge in [0.05, 0.1) is 5.01 Å². The number of aromatic nitrogens is 1. The maximum atomic E-state index is 4.28. The van der Waals surface area contributed by atoms with Gasteiger partial charge in [-0.25, -0.2) is 4.98 Å². The van der Waals surface area contributed by atoms with E-state index >= 15 is 0 Å². The van der Waals surface area contributed by atoms with Crippen LogP contribution in [0.1, 0.15) is 29.1 Å². The first-order valence-electron chi connectivity index (χ1n) is 6.20. The normalized spacial score (nSPS) is 26.4. The molecule has 1 aliphatic carbocycles. The van der Waals surface area contributed by atoms with E-state index in [4.69, 9.17) is 0 Å². The summed E-state index contributed by atoms with van der Waals surface area (Å²) in [5.74, 6) is 0. The van der Waals surface area contributed by atoms with Gasteiger partial charge < -0.3 is 5.32 Å². The molecule has 3 nitrogen and oxygen atoms in total. The van der Waals surface area contributed by atoms with Gasteiger partial charge in [0, 0.05) is 42.8 Å². The van der Waals surface area contributed by atoms with Gasteiger partial charge in [0.2, 0.25) is 0 Å². The van der Waals surface area contributed by atoms with Gasteiger partial charge in [-0.1, -0.05) is 0 Å². The van der Waals surface area contributed by atoms with E-state index in [1.807, 2.05) is 6.20 Å². The van der Waals surface area contributed by atoms with E-state index in [9.17, 15) is 0 Å². The van der Waals surface area contributed by atoms with Crippen molar-refractivity contribution in [2.45, 2.75) is 44.8 Å². The molecule has 0 radical (unpaired) electrons. The molecule has 1 aliphatic heterocycles. The van der Waals surface area contributed by atoms with Gasteiger partial charge in [-0.2, -0.15) is 0 Å². The summed E-state index contributed by atoms with van der Waals surface area (Å²) in [6, 6.07) is 1.63. The van der Waals surface area contributed by atoms with Gasteiger partial charge in [0.1, 0.15) is 0 Å². The van der Waals surface area contributed by atoms with E-state index in [-0.39, 0.29) is 0 Å². The standard InChI is InChI=1S/C12H19N3S/c1-9-13-6-12(16-9)7-14-10-4-5-15(8-10)11-2-3-11/h6,10-11,14H,2-5,7-8H2,1H3. The molecule has 1 saturated heterocycles. The molecule has 0 amide bonds. The minimum absolute atomic E-state index is 0.697. The highest BCUT2D eigenvalue weighted by Crippen LogP contribution is 2.29. The predicted molar refractivity (Wildman–Crippen MR) is 66.7 cm³/mol. The second-order valence-electron chi connectivity index (χ2n) is 4.94. The Balaban J connectivity index is 1.45. The molecule has 1 aromatic rings. The summed E-state index contributed by atoms with van der Waals surface area (Å²) in [4.78, 5) is 8.29. The fourth-order valence-electron chi connectivity index (χ4n) is 2.46. The highest BCUT2D eigenvalue weighted by atomic mass is 32.1. The molecule has 4 heteroatoms. The van der Waals surface area contributed by atoms with Crippen molar-refractivity contribution in [3.8, 4) is 0 Å². The van der Waals surface area contributed by atoms with Crippen molar-refractivity contribution < 1.29 is 0 Å². The van der Waals surface area contributed by atoms with Crippen molar-refractivity contribution in [2.24, 2.45) is 0 Å². The van der Waals surface area contributed by atoms with Crippen molar-refractivity contribution >= 4 is 11.3 Å². The van der Waals surface area contributed by atoms with Crippen LogP contribution in [0.25, 0.3) is 0 Å². The zero-order chi connectivity index (χ0) is 11.0. The van der Waals surface area contributed by atoms with Crippen LogP contribution in [-0.2, 0) is 6.54 Å². The van der Waals surface area contributed by atoms with Crippen molar-refractivity contribution in [2.75, 3.05) is 13.1 Å². The fraction of sp³-hybridized carbons (Fsp3) is 0.750. The quantitative estimate of drug-likeness (QED) is 0.865. The summed E-state index contributed by atoms with van der Waals surface area (Å²) in [7, 11) is 0. The lowest BCUT2D eigenvalue weighted by molar-refractivity contribution is 0.317. The van der Waals surface area contributed by atoms with Crippen LogP contribution in [0.3, 0.4) is 0 Å². The Morgan fingerprint density at radius 1 is 1.50 bits per heavy atom. The summed E-state index contributed by atoms with van der Waals surface area (Å²) in [5.41, 5.74) is 0. The van der Waals surface area contributed by atoms with Gasteiger partial charge in [0.15, 0.2) is 0 Å². The molecule has 2 aliphatic rings. The van der Waals surface area contributed by atoms with E-state index in [0.717, 1.165) is 12.6 Å². The maximum Gasteiger partial charge on any atom is 0.0897 e. The van der Waals surface area contributed by atoms with Crippen LogP contribution in [0.4, 0.5) is 0 Å². The van der Waals surface area contributed by atoms with Crippen molar-refractivity contribution in [1.82, 2.24) is 15.2 Å². The first kappa shape index (κ1) is 10.7. The van der Waals surface area contributed by atoms with Crippen LogP contribution in [-0.4, -0.2) is 35.1 Å². The third-order valence-electron chi connectivity index (χ3n) is 3.52. The lowest BCUT2D eigenvalue weighted by Crippen LogP contribution is -2.32. The highest BCUT2D eigenvalue weighted by molar-refractivity contribution is 7.11. The van der Waals surface area contributed by atoms with Crippen molar-refractivity contribution in [1.29, 1.82) is 0 Å². The van der Waals surface area contributed by atoms with E-state index in [0.29, 0.717) is 6.04 Å². The average Bonchev–Trinajstić information content (AvgIpc) is 2.87. The number of aryl methyl sites for hydroxylation is 1. The lowest BCUT2D eigenvalue weighted by Gasteiger charge is -2.15. The van der Waals surface area contributed by atoms with Gasteiger partial charge in [-0.3, -0.25) is 4.90 Å². The number of hydrogen-bond donors (Lipinski definition) is 1. The molecule has 88 valence electrons. The maximum absolute atomic E-state index is 4.28. The predicted octanol–water partition coefficient (Wildman–Crippen LogP) is 1.78. The summed E-state index contributed by atoms with van der Waals surface area (Å²) >= 11 is 1.80. The Kier molecular flexibility index (Phi) is 2.96. The molecule has 16 heavy (non-hydrogen) atoms. The minimum Gasteiger partial charge on any atom is -0.308 e. The van der Waals surface area contributed by atoms with E-state index in [1.165, 1.54) is 42.2 Å². The number of rotatable bonds is 4. The SMILES string of the molecule is Cc1ncc(CNC2CCN(C3CC3)C2)s1. The number of hydrogen-bond acceptors (Lipinski definition) is 4. The van der Waals surface area contributed by atoms with Crippen molar-refractivity contribution in [3.63, 3.8) is 0 Å². The Bertz CT molecular complexity index is 359. The van der Waals surface area contributed by atoms with E-state index in [2.05, 4.69) is 22.1 Å². The minimum atomic E-state index is 0.697. The molecule has 0 aromatic carbocycles. The number of likely N-dealkylation sites (tertiary alicyclic amines) is 1. The molecule has 1 N–H and O–H groups in total. The third kappa shape index (κ3) is 2.44. The fourth-order valence-corrected chi connectivity index (χ4v) is 3.20. The molecule has 2 fully saturated rings. The number of nitrogens with one attached hydrogen (secondary N) is 1. The third-order valence-corrected chi connectivity index (χ3v) is 4.43. The zero-order valence-electron chi connectivity index (χ0n) is 9.78. The first-order valence-corrected chi connectivity index (χ1v) is 7.01. The first-order chi connectivity index (χ1) is 7.81. The monoisotopic (exact) mass is 237 g/mol. The van der Waals surface area contributed by atoms with Crippen LogP contribution in [0.2, 0.25) is 0 Å². The Labute approximate surface area is 101 Å².